The van der Waals surface area contributed by atoms with E-state index in [2.05, 4.69) is 42.7 Å². The van der Waals surface area contributed by atoms with Crippen molar-refractivity contribution in [3.63, 3.8) is 0 Å². The molecule has 1 aliphatic carbocycles. The average molecular weight is 496 g/mol. The molecule has 10 nitrogen and oxygen atoms in total. The molecule has 11 heteroatoms. The molecule has 4 heterocycles. The highest BCUT2D eigenvalue weighted by Gasteiger charge is 2.29. The molecular weight excluding hydrogens is 466 g/mol. The van der Waals surface area contributed by atoms with Gasteiger partial charge in [0.15, 0.2) is 5.03 Å². The van der Waals surface area contributed by atoms with Crippen molar-refractivity contribution < 1.29 is 16.0 Å². The predicted octanol–water partition coefficient (Wildman–Crippen LogP) is 4.14. The van der Waals surface area contributed by atoms with Gasteiger partial charge in [-0.05, 0) is 61.9 Å². The van der Waals surface area contributed by atoms with Crippen LogP contribution in [-0.4, -0.2) is 45.0 Å². The second kappa shape index (κ2) is 7.91. The lowest BCUT2D eigenvalue weighted by atomic mass is 9.98. The second-order valence-corrected chi connectivity index (χ2v) is 11.3. The average Bonchev–Trinajstić information content (AvgIpc) is 3.59. The second-order valence-electron chi connectivity index (χ2n) is 9.46. The molecule has 3 aromatic heterocycles. The summed E-state index contributed by atoms with van der Waals surface area (Å²) in [5.74, 6) is 0.706. The van der Waals surface area contributed by atoms with Gasteiger partial charge in [0.2, 0.25) is 11.8 Å². The van der Waals surface area contributed by atoms with Gasteiger partial charge in [-0.3, -0.25) is 4.68 Å². The van der Waals surface area contributed by atoms with Crippen LogP contribution in [0.1, 0.15) is 40.7 Å². The van der Waals surface area contributed by atoms with Crippen LogP contribution in [0.15, 0.2) is 52.9 Å². The molecule has 1 aliphatic heterocycles. The van der Waals surface area contributed by atoms with Crippen LogP contribution in [-0.2, 0) is 28.2 Å². The number of anilines is 2. The highest BCUT2D eigenvalue weighted by molar-refractivity contribution is 7.91. The van der Waals surface area contributed by atoms with Crippen LogP contribution in [0.4, 0.5) is 11.6 Å². The molecule has 0 saturated carbocycles. The zero-order valence-electron chi connectivity index (χ0n) is 19.4. The number of nitrogens with one attached hydrogen (secondary N) is 2. The van der Waals surface area contributed by atoms with Crippen molar-refractivity contribution >= 4 is 21.5 Å². The van der Waals surface area contributed by atoms with Gasteiger partial charge in [-0.2, -0.15) is 10.1 Å². The molecule has 2 N–H and O–H groups in total. The number of pyridine rings is 1. The molecule has 4 aromatic rings. The summed E-state index contributed by atoms with van der Waals surface area (Å²) >= 11 is 0. The van der Waals surface area contributed by atoms with E-state index in [9.17, 15) is 8.42 Å². The summed E-state index contributed by atoms with van der Waals surface area (Å²) < 4.78 is 34.1. The SMILES string of the molecule is CC1(C)CCOc2cc(ccn2)-c2ccc3c(c2Nc2n[nH]c(n2)S(=O)(=O)c2ccn1n2)CCC3.[HH].[HH]. The van der Waals surface area contributed by atoms with E-state index in [1.807, 2.05) is 26.0 Å². The van der Waals surface area contributed by atoms with E-state index >= 15 is 0 Å². The van der Waals surface area contributed by atoms with Gasteiger partial charge < -0.3 is 10.1 Å². The summed E-state index contributed by atoms with van der Waals surface area (Å²) in [6.07, 6.45) is 6.97. The van der Waals surface area contributed by atoms with Crippen molar-refractivity contribution in [2.75, 3.05) is 11.9 Å². The van der Waals surface area contributed by atoms with Crippen LogP contribution in [0.3, 0.4) is 0 Å². The largest absolute Gasteiger partial charge is 0.478 e. The molecule has 0 amide bonds. The first kappa shape index (κ1) is 21.8. The van der Waals surface area contributed by atoms with E-state index in [0.717, 1.165) is 36.1 Å². The van der Waals surface area contributed by atoms with Gasteiger partial charge in [-0.1, -0.05) is 12.1 Å². The maximum Gasteiger partial charge on any atom is 0.260 e. The van der Waals surface area contributed by atoms with Crippen molar-refractivity contribution in [2.24, 2.45) is 0 Å². The van der Waals surface area contributed by atoms with Gasteiger partial charge in [-0.25, -0.2) is 18.5 Å². The number of aromatic nitrogens is 6. The van der Waals surface area contributed by atoms with Crippen molar-refractivity contribution in [2.45, 2.75) is 55.3 Å². The highest BCUT2D eigenvalue weighted by atomic mass is 32.2. The third kappa shape index (κ3) is 3.75. The lowest BCUT2D eigenvalue weighted by Gasteiger charge is -2.25. The number of hydrogen-bond donors (Lipinski definition) is 2. The Morgan fingerprint density at radius 2 is 2.06 bits per heavy atom. The number of aryl methyl sites for hydroxylation is 1. The molecule has 0 radical (unpaired) electrons. The summed E-state index contributed by atoms with van der Waals surface area (Å²) in [5.41, 5.74) is 4.73. The van der Waals surface area contributed by atoms with Gasteiger partial charge in [0.05, 0.1) is 17.8 Å². The van der Waals surface area contributed by atoms with Gasteiger partial charge in [0.1, 0.15) is 0 Å². The smallest absolute Gasteiger partial charge is 0.260 e. The van der Waals surface area contributed by atoms with Gasteiger partial charge in [-0.15, -0.1) is 5.10 Å². The number of H-pyrrole nitrogens is 1. The standard InChI is InChI=1S/C24H25N7O3S.2H2/c1-24(2)10-13-34-19-14-16(8-11-25-19)18-7-6-15-4-3-5-17(15)21(18)26-22-27-23(29-28-22)35(32,33)20-9-12-31(24)30-20;;/h6-9,11-12,14H,3-5,10,13H2,1-2H3,(H2,26,27,28,29);2*1H. The number of hydrogen-bond acceptors (Lipinski definition) is 8. The number of aromatic amines is 1. The summed E-state index contributed by atoms with van der Waals surface area (Å²) in [7, 11) is -3.97. The van der Waals surface area contributed by atoms with E-state index in [0.29, 0.717) is 18.9 Å². The molecular formula is C24H29N7O3S. The molecule has 0 spiro atoms. The predicted molar refractivity (Wildman–Crippen MR) is 133 cm³/mol. The van der Waals surface area contributed by atoms with Crippen molar-refractivity contribution in [3.05, 3.63) is 53.9 Å². The molecule has 0 fully saturated rings. The summed E-state index contributed by atoms with van der Waals surface area (Å²) in [6, 6.07) is 9.56. The number of benzene rings is 1. The summed E-state index contributed by atoms with van der Waals surface area (Å²) in [6.45, 7) is 4.35. The van der Waals surface area contributed by atoms with Gasteiger partial charge in [0.25, 0.3) is 15.0 Å². The third-order valence-electron chi connectivity index (χ3n) is 6.71. The maximum absolute atomic E-state index is 13.2. The van der Waals surface area contributed by atoms with Gasteiger partial charge >= 0.3 is 0 Å². The number of rotatable bonds is 0. The Labute approximate surface area is 205 Å². The molecule has 6 bridgehead atoms. The Morgan fingerprint density at radius 3 is 2.94 bits per heavy atom. The van der Waals surface area contributed by atoms with Crippen LogP contribution in [0, 0.1) is 0 Å². The lowest BCUT2D eigenvalue weighted by molar-refractivity contribution is 0.209. The van der Waals surface area contributed by atoms with Crippen LogP contribution < -0.4 is 10.1 Å². The number of sulfone groups is 1. The lowest BCUT2D eigenvalue weighted by Crippen LogP contribution is -2.29. The molecule has 35 heavy (non-hydrogen) atoms. The van der Waals surface area contributed by atoms with E-state index in [-0.39, 0.29) is 19.0 Å². The minimum atomic E-state index is -3.97. The Bertz CT molecular complexity index is 1550. The van der Waals surface area contributed by atoms with Crippen molar-refractivity contribution in [1.82, 2.24) is 29.9 Å². The fourth-order valence-electron chi connectivity index (χ4n) is 4.65. The van der Waals surface area contributed by atoms with Crippen LogP contribution >= 0.6 is 0 Å². The first-order chi connectivity index (χ1) is 16.8. The van der Waals surface area contributed by atoms with Crippen molar-refractivity contribution in [1.29, 1.82) is 0 Å². The quantitative estimate of drug-likeness (QED) is 0.373. The Balaban J connectivity index is 0.00000160. The number of fused-ring (bicyclic) bond motifs is 10. The third-order valence-corrected chi connectivity index (χ3v) is 8.17. The number of nitrogens with zero attached hydrogens (tertiary/aromatic N) is 5. The van der Waals surface area contributed by atoms with Crippen LogP contribution in [0.5, 0.6) is 5.88 Å². The minimum absolute atomic E-state index is 0. The highest BCUT2D eigenvalue weighted by Crippen LogP contribution is 2.39. The van der Waals surface area contributed by atoms with Crippen LogP contribution in [0.25, 0.3) is 11.1 Å². The molecule has 0 atom stereocenters. The summed E-state index contributed by atoms with van der Waals surface area (Å²) in [4.78, 5) is 8.68. The molecule has 0 unspecified atom stereocenters. The van der Waals surface area contributed by atoms with E-state index < -0.39 is 15.4 Å². The Hall–Kier alpha value is -3.73. The Morgan fingerprint density at radius 1 is 1.17 bits per heavy atom. The minimum Gasteiger partial charge on any atom is -0.478 e. The normalized spacial score (nSPS) is 18.0. The molecule has 1 aromatic carbocycles. The maximum atomic E-state index is 13.2. The first-order valence-corrected chi connectivity index (χ1v) is 13.0. The molecule has 2 aliphatic rings. The molecule has 0 saturated heterocycles. The van der Waals surface area contributed by atoms with E-state index in [1.165, 1.54) is 17.2 Å². The van der Waals surface area contributed by atoms with Crippen molar-refractivity contribution in [3.8, 4) is 17.0 Å². The first-order valence-electron chi connectivity index (χ1n) is 11.6. The summed E-state index contributed by atoms with van der Waals surface area (Å²) in [5, 5.41) is 14.1. The monoisotopic (exact) mass is 495 g/mol. The number of ether oxygens (including phenoxy) is 1. The fraction of sp³-hybridized carbons (Fsp3) is 0.333. The molecule has 6 rings (SSSR count). The zero-order chi connectivity index (χ0) is 24.2. The molecule has 184 valence electrons. The van der Waals surface area contributed by atoms with Gasteiger partial charge in [0, 0.05) is 33.3 Å². The zero-order valence-corrected chi connectivity index (χ0v) is 20.3. The van der Waals surface area contributed by atoms with E-state index in [4.69, 9.17) is 4.74 Å². The topological polar surface area (TPSA) is 128 Å². The van der Waals surface area contributed by atoms with Crippen LogP contribution in [0.2, 0.25) is 0 Å². The fourth-order valence-corrected chi connectivity index (χ4v) is 5.65. The van der Waals surface area contributed by atoms with E-state index in [1.54, 1.807) is 17.1 Å². The Kier molecular flexibility index (Phi) is 4.92.